The second-order valence-corrected chi connectivity index (χ2v) is 6.13. The standard InChI is InChI=1S/C18H27N3O4/c1-2-3-4-16(23)20-14-7-5-13(6-8-14)18-15(11-22)21(10-9-19)17(24)12-25-18/h5-8,15,18,22H,2-4,9-12,19H2,1H3,(H,20,23)/t15-,18-/m1/s1. The van der Waals surface area contributed by atoms with E-state index in [-0.39, 0.29) is 25.0 Å². The van der Waals surface area contributed by atoms with Gasteiger partial charge in [0.05, 0.1) is 12.6 Å². The highest BCUT2D eigenvalue weighted by molar-refractivity contribution is 5.90. The normalized spacial score (nSPS) is 20.6. The molecule has 0 saturated carbocycles. The lowest BCUT2D eigenvalue weighted by Gasteiger charge is -2.40. The van der Waals surface area contributed by atoms with E-state index in [2.05, 4.69) is 5.32 Å². The van der Waals surface area contributed by atoms with Gasteiger partial charge < -0.3 is 25.8 Å². The Hall–Kier alpha value is -1.96. The van der Waals surface area contributed by atoms with Crippen molar-refractivity contribution in [2.75, 3.05) is 31.6 Å². The molecule has 1 aliphatic heterocycles. The Balaban J connectivity index is 2.07. The number of aliphatic hydroxyl groups is 1. The van der Waals surface area contributed by atoms with Gasteiger partial charge in [-0.15, -0.1) is 0 Å². The number of ether oxygens (including phenoxy) is 1. The van der Waals surface area contributed by atoms with Crippen molar-refractivity contribution < 1.29 is 19.4 Å². The van der Waals surface area contributed by atoms with Gasteiger partial charge in [-0.1, -0.05) is 25.5 Å². The van der Waals surface area contributed by atoms with Crippen LogP contribution in [0.1, 0.15) is 37.9 Å². The molecule has 1 aliphatic rings. The van der Waals surface area contributed by atoms with Crippen LogP contribution in [0.3, 0.4) is 0 Å². The summed E-state index contributed by atoms with van der Waals surface area (Å²) in [6.07, 6.45) is 1.93. The van der Waals surface area contributed by atoms with E-state index in [1.165, 1.54) is 0 Å². The minimum absolute atomic E-state index is 0.00327. The van der Waals surface area contributed by atoms with Crippen molar-refractivity contribution in [1.82, 2.24) is 4.90 Å². The topological polar surface area (TPSA) is 105 Å². The molecule has 25 heavy (non-hydrogen) atoms. The number of amides is 2. The van der Waals surface area contributed by atoms with Crippen molar-refractivity contribution in [3.8, 4) is 0 Å². The number of benzene rings is 1. The molecule has 1 aromatic rings. The van der Waals surface area contributed by atoms with Crippen molar-refractivity contribution in [3.05, 3.63) is 29.8 Å². The summed E-state index contributed by atoms with van der Waals surface area (Å²) in [5.74, 6) is -0.169. The second kappa shape index (κ2) is 9.50. The first-order valence-corrected chi connectivity index (χ1v) is 8.72. The Labute approximate surface area is 148 Å². The van der Waals surface area contributed by atoms with Crippen LogP contribution in [-0.2, 0) is 14.3 Å². The van der Waals surface area contributed by atoms with Crippen molar-refractivity contribution in [3.63, 3.8) is 0 Å². The van der Waals surface area contributed by atoms with Gasteiger partial charge in [0.1, 0.15) is 12.7 Å². The third-order valence-electron chi connectivity index (χ3n) is 4.29. The fourth-order valence-corrected chi connectivity index (χ4v) is 2.96. The van der Waals surface area contributed by atoms with Crippen LogP contribution >= 0.6 is 0 Å². The maximum Gasteiger partial charge on any atom is 0.249 e. The highest BCUT2D eigenvalue weighted by Gasteiger charge is 2.36. The van der Waals surface area contributed by atoms with Crippen LogP contribution in [0.2, 0.25) is 0 Å². The molecule has 0 aliphatic carbocycles. The van der Waals surface area contributed by atoms with Gasteiger partial charge in [-0.25, -0.2) is 0 Å². The van der Waals surface area contributed by atoms with Gasteiger partial charge in [0.15, 0.2) is 0 Å². The molecule has 0 unspecified atom stereocenters. The van der Waals surface area contributed by atoms with Crippen LogP contribution in [0, 0.1) is 0 Å². The Morgan fingerprint density at radius 3 is 2.72 bits per heavy atom. The Bertz CT molecular complexity index is 576. The Morgan fingerprint density at radius 2 is 2.12 bits per heavy atom. The SMILES string of the molecule is CCCCC(=O)Nc1ccc([C@H]2OCC(=O)N(CCN)[C@@H]2CO)cc1. The molecule has 2 amide bonds. The number of aliphatic hydroxyl groups excluding tert-OH is 1. The van der Waals surface area contributed by atoms with Crippen molar-refractivity contribution in [2.24, 2.45) is 5.73 Å². The summed E-state index contributed by atoms with van der Waals surface area (Å²) in [5.41, 5.74) is 7.13. The molecule has 0 spiro atoms. The number of hydrogen-bond acceptors (Lipinski definition) is 5. The third-order valence-corrected chi connectivity index (χ3v) is 4.29. The average molecular weight is 349 g/mol. The van der Waals surface area contributed by atoms with E-state index in [0.717, 1.165) is 24.1 Å². The number of carbonyl (C=O) groups is 2. The fraction of sp³-hybridized carbons (Fsp3) is 0.556. The van der Waals surface area contributed by atoms with Gasteiger partial charge in [0.2, 0.25) is 11.8 Å². The highest BCUT2D eigenvalue weighted by atomic mass is 16.5. The van der Waals surface area contributed by atoms with Gasteiger partial charge in [0.25, 0.3) is 0 Å². The van der Waals surface area contributed by atoms with E-state index in [1.807, 2.05) is 19.1 Å². The predicted octanol–water partition coefficient (Wildman–Crippen LogP) is 1.03. The second-order valence-electron chi connectivity index (χ2n) is 6.13. The number of morpholine rings is 1. The first-order valence-electron chi connectivity index (χ1n) is 8.72. The van der Waals surface area contributed by atoms with Crippen LogP contribution in [0.15, 0.2) is 24.3 Å². The van der Waals surface area contributed by atoms with Gasteiger partial charge >= 0.3 is 0 Å². The van der Waals surface area contributed by atoms with Crippen LogP contribution < -0.4 is 11.1 Å². The summed E-state index contributed by atoms with van der Waals surface area (Å²) < 4.78 is 5.65. The lowest BCUT2D eigenvalue weighted by Crippen LogP contribution is -2.54. The molecule has 1 saturated heterocycles. The van der Waals surface area contributed by atoms with Crippen LogP contribution in [0.4, 0.5) is 5.69 Å². The third kappa shape index (κ3) is 5.01. The smallest absolute Gasteiger partial charge is 0.249 e. The highest BCUT2D eigenvalue weighted by Crippen LogP contribution is 2.29. The number of unbranched alkanes of at least 4 members (excludes halogenated alkanes) is 1. The van der Waals surface area contributed by atoms with Gasteiger partial charge in [-0.05, 0) is 24.1 Å². The van der Waals surface area contributed by atoms with Crippen molar-refractivity contribution >= 4 is 17.5 Å². The molecular formula is C18H27N3O4. The molecule has 0 radical (unpaired) electrons. The first-order chi connectivity index (χ1) is 12.1. The molecule has 1 heterocycles. The summed E-state index contributed by atoms with van der Waals surface area (Å²) in [7, 11) is 0. The first kappa shape index (κ1) is 19.4. The van der Waals surface area contributed by atoms with E-state index < -0.39 is 12.1 Å². The van der Waals surface area contributed by atoms with Gasteiger partial charge in [-0.3, -0.25) is 9.59 Å². The monoisotopic (exact) mass is 349 g/mol. The molecule has 1 aromatic carbocycles. The molecule has 1 fully saturated rings. The zero-order chi connectivity index (χ0) is 18.2. The minimum Gasteiger partial charge on any atom is -0.394 e. The van der Waals surface area contributed by atoms with E-state index in [9.17, 15) is 14.7 Å². The molecule has 138 valence electrons. The molecular weight excluding hydrogens is 322 g/mol. The van der Waals surface area contributed by atoms with Gasteiger partial charge in [0, 0.05) is 25.2 Å². The molecule has 7 heteroatoms. The summed E-state index contributed by atoms with van der Waals surface area (Å²) in [6, 6.07) is 6.84. The lowest BCUT2D eigenvalue weighted by molar-refractivity contribution is -0.160. The maximum atomic E-state index is 12.0. The zero-order valence-corrected chi connectivity index (χ0v) is 14.6. The minimum atomic E-state index is -0.463. The molecule has 7 nitrogen and oxygen atoms in total. The molecule has 4 N–H and O–H groups in total. The van der Waals surface area contributed by atoms with E-state index in [4.69, 9.17) is 10.5 Å². The number of nitrogens with two attached hydrogens (primary N) is 1. The number of carbonyl (C=O) groups excluding carboxylic acids is 2. The lowest BCUT2D eigenvalue weighted by atomic mass is 9.99. The quantitative estimate of drug-likeness (QED) is 0.650. The Morgan fingerprint density at radius 1 is 1.40 bits per heavy atom. The van der Waals surface area contributed by atoms with Crippen molar-refractivity contribution in [2.45, 2.75) is 38.3 Å². The van der Waals surface area contributed by atoms with Crippen molar-refractivity contribution in [1.29, 1.82) is 0 Å². The molecule has 0 aromatic heterocycles. The van der Waals surface area contributed by atoms with Gasteiger partial charge in [-0.2, -0.15) is 0 Å². The largest absolute Gasteiger partial charge is 0.394 e. The molecule has 0 bridgehead atoms. The van der Waals surface area contributed by atoms with E-state index in [1.54, 1.807) is 17.0 Å². The van der Waals surface area contributed by atoms with Crippen LogP contribution in [0.5, 0.6) is 0 Å². The average Bonchev–Trinajstić information content (AvgIpc) is 2.62. The predicted molar refractivity (Wildman–Crippen MR) is 94.9 cm³/mol. The van der Waals surface area contributed by atoms with Crippen LogP contribution in [-0.4, -0.2) is 54.2 Å². The summed E-state index contributed by atoms with van der Waals surface area (Å²) in [6.45, 7) is 2.53. The van der Waals surface area contributed by atoms with E-state index in [0.29, 0.717) is 19.5 Å². The Kier molecular flexibility index (Phi) is 7.36. The summed E-state index contributed by atoms with van der Waals surface area (Å²) in [4.78, 5) is 25.3. The number of rotatable bonds is 8. The maximum absolute atomic E-state index is 12.0. The van der Waals surface area contributed by atoms with Crippen LogP contribution in [0.25, 0.3) is 0 Å². The summed E-state index contributed by atoms with van der Waals surface area (Å²) in [5, 5.41) is 12.6. The fourth-order valence-electron chi connectivity index (χ4n) is 2.96. The molecule has 2 atom stereocenters. The number of nitrogens with one attached hydrogen (secondary N) is 1. The number of anilines is 1. The molecule has 2 rings (SSSR count). The number of hydrogen-bond donors (Lipinski definition) is 3. The summed E-state index contributed by atoms with van der Waals surface area (Å²) >= 11 is 0. The van der Waals surface area contributed by atoms with E-state index >= 15 is 0 Å². The zero-order valence-electron chi connectivity index (χ0n) is 14.6. The number of nitrogens with zero attached hydrogens (tertiary/aromatic N) is 1.